The normalized spacial score (nSPS) is 10.8. The second-order valence-corrected chi connectivity index (χ2v) is 7.26. The molecule has 140 valence electrons. The number of rotatable bonds is 7. The fraction of sp³-hybridized carbons (Fsp3) is 0.167. The van der Waals surface area contributed by atoms with Gasteiger partial charge in [-0.3, -0.25) is 9.36 Å². The highest BCUT2D eigenvalue weighted by Gasteiger charge is 2.18. The molecule has 6 nitrogen and oxygen atoms in total. The maximum atomic E-state index is 12.3. The molecular weight excluding hydrogens is 407 g/mol. The lowest BCUT2D eigenvalue weighted by molar-refractivity contribution is -0.113. The Balaban J connectivity index is 1.73. The van der Waals surface area contributed by atoms with Gasteiger partial charge in [0.05, 0.1) is 33.3 Å². The number of aromatic nitrogens is 3. The molecule has 27 heavy (non-hydrogen) atoms. The average molecular weight is 423 g/mol. The third-order valence-corrected chi connectivity index (χ3v) is 5.47. The van der Waals surface area contributed by atoms with Gasteiger partial charge in [-0.05, 0) is 25.1 Å². The number of allylic oxidation sites excluding steroid dienone is 1. The minimum Gasteiger partial charge on any atom is -0.469 e. The van der Waals surface area contributed by atoms with Crippen LogP contribution in [0.15, 0.2) is 52.8 Å². The van der Waals surface area contributed by atoms with E-state index in [1.807, 2.05) is 17.6 Å². The number of hydrogen-bond donors (Lipinski definition) is 1. The van der Waals surface area contributed by atoms with Crippen molar-refractivity contribution in [3.63, 3.8) is 0 Å². The van der Waals surface area contributed by atoms with Crippen molar-refractivity contribution in [3.8, 4) is 11.4 Å². The maximum Gasteiger partial charge on any atom is 0.234 e. The standard InChI is InChI=1S/C18H16Cl2N4O2S/c1-3-8-24-17(12-7-9-26-11(12)2)22-23-18(24)27-10-15(25)21-14-6-4-5-13(19)16(14)20/h3-7,9H,1,8,10H2,2H3,(H,21,25). The number of amides is 1. The second kappa shape index (κ2) is 8.65. The number of carbonyl (C=O) groups excluding carboxylic acids is 1. The van der Waals surface area contributed by atoms with Gasteiger partial charge >= 0.3 is 0 Å². The van der Waals surface area contributed by atoms with Crippen molar-refractivity contribution in [2.45, 2.75) is 18.6 Å². The van der Waals surface area contributed by atoms with Crippen molar-refractivity contribution in [1.29, 1.82) is 0 Å². The molecule has 3 aromatic rings. The number of hydrogen-bond acceptors (Lipinski definition) is 5. The number of nitrogens with one attached hydrogen (secondary N) is 1. The number of halogens is 2. The lowest BCUT2D eigenvalue weighted by atomic mass is 10.2. The predicted molar refractivity (Wildman–Crippen MR) is 108 cm³/mol. The Bertz CT molecular complexity index is 984. The monoisotopic (exact) mass is 422 g/mol. The summed E-state index contributed by atoms with van der Waals surface area (Å²) in [5, 5.41) is 12.5. The minimum atomic E-state index is -0.224. The van der Waals surface area contributed by atoms with Gasteiger partial charge in [0.2, 0.25) is 5.91 Å². The van der Waals surface area contributed by atoms with Crippen molar-refractivity contribution in [1.82, 2.24) is 14.8 Å². The summed E-state index contributed by atoms with van der Waals surface area (Å²) >= 11 is 13.3. The number of carbonyl (C=O) groups is 1. The van der Waals surface area contributed by atoms with Crippen molar-refractivity contribution in [2.24, 2.45) is 0 Å². The lowest BCUT2D eigenvalue weighted by Crippen LogP contribution is -2.15. The van der Waals surface area contributed by atoms with Gasteiger partial charge in [-0.25, -0.2) is 0 Å². The maximum absolute atomic E-state index is 12.3. The van der Waals surface area contributed by atoms with Crippen LogP contribution in [0.25, 0.3) is 11.4 Å². The predicted octanol–water partition coefficient (Wildman–Crippen LogP) is 5.07. The summed E-state index contributed by atoms with van der Waals surface area (Å²) in [4.78, 5) is 12.3. The zero-order chi connectivity index (χ0) is 19.4. The molecule has 0 fully saturated rings. The molecule has 0 aliphatic carbocycles. The first-order valence-electron chi connectivity index (χ1n) is 7.96. The number of thioether (sulfide) groups is 1. The largest absolute Gasteiger partial charge is 0.469 e. The van der Waals surface area contributed by atoms with Crippen molar-refractivity contribution in [2.75, 3.05) is 11.1 Å². The van der Waals surface area contributed by atoms with Gasteiger partial charge < -0.3 is 9.73 Å². The summed E-state index contributed by atoms with van der Waals surface area (Å²) < 4.78 is 7.23. The molecule has 0 bridgehead atoms. The minimum absolute atomic E-state index is 0.141. The fourth-order valence-electron chi connectivity index (χ4n) is 2.42. The van der Waals surface area contributed by atoms with Crippen LogP contribution in [-0.4, -0.2) is 26.4 Å². The molecular formula is C18H16Cl2N4O2S. The van der Waals surface area contributed by atoms with E-state index in [1.54, 1.807) is 30.5 Å². The lowest BCUT2D eigenvalue weighted by Gasteiger charge is -2.09. The van der Waals surface area contributed by atoms with Crippen LogP contribution in [0.5, 0.6) is 0 Å². The first-order valence-corrected chi connectivity index (χ1v) is 9.70. The molecule has 2 aromatic heterocycles. The molecule has 0 spiro atoms. The van der Waals surface area contributed by atoms with Crippen LogP contribution < -0.4 is 5.32 Å². The van der Waals surface area contributed by atoms with Gasteiger partial charge in [0.1, 0.15) is 5.76 Å². The molecule has 0 atom stereocenters. The van der Waals surface area contributed by atoms with E-state index in [4.69, 9.17) is 27.6 Å². The van der Waals surface area contributed by atoms with Crippen LogP contribution in [-0.2, 0) is 11.3 Å². The Morgan fingerprint density at radius 3 is 2.89 bits per heavy atom. The first kappa shape index (κ1) is 19.5. The molecule has 1 N–H and O–H groups in total. The van der Waals surface area contributed by atoms with Gasteiger partial charge in [-0.15, -0.1) is 16.8 Å². The van der Waals surface area contributed by atoms with Gasteiger partial charge in [-0.2, -0.15) is 0 Å². The smallest absolute Gasteiger partial charge is 0.234 e. The molecule has 0 aliphatic heterocycles. The molecule has 1 aromatic carbocycles. The molecule has 3 rings (SSSR count). The molecule has 0 unspecified atom stereocenters. The Hall–Kier alpha value is -2.22. The Labute approximate surface area is 170 Å². The van der Waals surface area contributed by atoms with Crippen LogP contribution in [0.4, 0.5) is 5.69 Å². The number of benzene rings is 1. The van der Waals surface area contributed by atoms with Crippen molar-refractivity contribution in [3.05, 3.63) is 59.0 Å². The summed E-state index contributed by atoms with van der Waals surface area (Å²) in [7, 11) is 0. The molecule has 0 saturated heterocycles. The van der Waals surface area contributed by atoms with E-state index < -0.39 is 0 Å². The fourth-order valence-corrected chi connectivity index (χ4v) is 3.52. The van der Waals surface area contributed by atoms with E-state index in [1.165, 1.54) is 11.8 Å². The highest BCUT2D eigenvalue weighted by Crippen LogP contribution is 2.30. The molecule has 1 amide bonds. The van der Waals surface area contributed by atoms with Crippen LogP contribution in [0, 0.1) is 6.92 Å². The van der Waals surface area contributed by atoms with E-state index in [0.717, 1.165) is 11.3 Å². The molecule has 9 heteroatoms. The summed E-state index contributed by atoms with van der Waals surface area (Å²) in [6.45, 7) is 6.14. The molecule has 0 radical (unpaired) electrons. The number of aryl methyl sites for hydroxylation is 1. The van der Waals surface area contributed by atoms with Crippen LogP contribution in [0.3, 0.4) is 0 Å². The summed E-state index contributed by atoms with van der Waals surface area (Å²) in [5.41, 5.74) is 1.32. The van der Waals surface area contributed by atoms with Crippen molar-refractivity contribution < 1.29 is 9.21 Å². The van der Waals surface area contributed by atoms with Gasteiger partial charge in [0, 0.05) is 6.54 Å². The summed E-state index contributed by atoms with van der Waals surface area (Å²) in [6.07, 6.45) is 3.35. The van der Waals surface area contributed by atoms with Gasteiger partial charge in [0.25, 0.3) is 0 Å². The molecule has 0 saturated carbocycles. The Morgan fingerprint density at radius 2 is 2.19 bits per heavy atom. The second-order valence-electron chi connectivity index (χ2n) is 5.53. The van der Waals surface area contributed by atoms with E-state index in [-0.39, 0.29) is 11.7 Å². The van der Waals surface area contributed by atoms with E-state index >= 15 is 0 Å². The van der Waals surface area contributed by atoms with Crippen LogP contribution >= 0.6 is 35.0 Å². The average Bonchev–Trinajstić information content (AvgIpc) is 3.23. The van der Waals surface area contributed by atoms with Gasteiger partial charge in [-0.1, -0.05) is 47.1 Å². The van der Waals surface area contributed by atoms with Crippen molar-refractivity contribution >= 4 is 46.6 Å². The quantitative estimate of drug-likeness (QED) is 0.424. The molecule has 0 aliphatic rings. The highest BCUT2D eigenvalue weighted by atomic mass is 35.5. The molecule has 2 heterocycles. The third kappa shape index (κ3) is 4.37. The van der Waals surface area contributed by atoms with Crippen LogP contribution in [0.1, 0.15) is 5.76 Å². The van der Waals surface area contributed by atoms with E-state index in [2.05, 4.69) is 22.1 Å². The van der Waals surface area contributed by atoms with Crippen LogP contribution in [0.2, 0.25) is 10.0 Å². The zero-order valence-electron chi connectivity index (χ0n) is 14.4. The summed E-state index contributed by atoms with van der Waals surface area (Å²) in [6, 6.07) is 6.90. The Morgan fingerprint density at radius 1 is 1.37 bits per heavy atom. The first-order chi connectivity index (χ1) is 13.0. The number of anilines is 1. The topological polar surface area (TPSA) is 73.0 Å². The van der Waals surface area contributed by atoms with E-state index in [0.29, 0.717) is 33.3 Å². The Kier molecular flexibility index (Phi) is 6.26. The van der Waals surface area contributed by atoms with Gasteiger partial charge in [0.15, 0.2) is 11.0 Å². The zero-order valence-corrected chi connectivity index (χ0v) is 16.7. The third-order valence-electron chi connectivity index (χ3n) is 3.69. The SMILES string of the molecule is C=CCn1c(SCC(=O)Nc2cccc(Cl)c2Cl)nnc1-c1ccoc1C. The van der Waals surface area contributed by atoms with E-state index in [9.17, 15) is 4.79 Å². The highest BCUT2D eigenvalue weighted by molar-refractivity contribution is 7.99. The number of furan rings is 1. The summed E-state index contributed by atoms with van der Waals surface area (Å²) in [5.74, 6) is 1.33. The number of nitrogens with zero attached hydrogens (tertiary/aromatic N) is 3.